The maximum absolute atomic E-state index is 13.4. The molecule has 12 nitrogen and oxygen atoms in total. The summed E-state index contributed by atoms with van der Waals surface area (Å²) in [7, 11) is 0. The van der Waals surface area contributed by atoms with Crippen LogP contribution in [0.15, 0.2) is 36.4 Å². The number of aryl methyl sites for hydroxylation is 2. The van der Waals surface area contributed by atoms with E-state index in [-0.39, 0.29) is 43.3 Å². The van der Waals surface area contributed by atoms with E-state index in [1.807, 2.05) is 0 Å². The fourth-order valence-electron chi connectivity index (χ4n) is 4.55. The third-order valence-electron chi connectivity index (χ3n) is 7.15. The number of nitrogens with one attached hydrogen (secondary N) is 5. The van der Waals surface area contributed by atoms with E-state index < -0.39 is 5.43 Å². The third-order valence-corrected chi connectivity index (χ3v) is 7.26. The number of urea groups is 2. The molecule has 2 aliphatic heterocycles. The first-order valence-corrected chi connectivity index (χ1v) is 15.9. The fourth-order valence-corrected chi connectivity index (χ4v) is 4.66. The van der Waals surface area contributed by atoms with Crippen LogP contribution < -0.4 is 26.6 Å². The van der Waals surface area contributed by atoms with Gasteiger partial charge in [0.1, 0.15) is 11.6 Å². The van der Waals surface area contributed by atoms with Gasteiger partial charge < -0.3 is 41.0 Å². The van der Waals surface area contributed by atoms with Gasteiger partial charge in [-0.1, -0.05) is 12.1 Å². The minimum Gasteiger partial charge on any atom is -0.454 e. The monoisotopic (exact) mass is 685 g/mol. The summed E-state index contributed by atoms with van der Waals surface area (Å²) in [5, 5.41) is 14.2. The molecule has 2 saturated heterocycles. The molecular formula is C32H47ClF2N6O6. The second kappa shape index (κ2) is 20.9. The molecular weight excluding hydrogens is 638 g/mol. The average Bonchev–Trinajstić information content (AvgIpc) is 3.02. The number of likely N-dealkylation sites (tertiary alicyclic amines) is 1. The largest absolute Gasteiger partial charge is 0.454 e. The highest BCUT2D eigenvalue weighted by atomic mass is 35.5. The second-order valence-corrected chi connectivity index (χ2v) is 11.1. The Labute approximate surface area is 280 Å². The van der Waals surface area contributed by atoms with Crippen LogP contribution in [0.25, 0.3) is 0 Å². The number of ether oxygens (including phenoxy) is 2. The van der Waals surface area contributed by atoms with Crippen LogP contribution in [0.2, 0.25) is 0 Å². The number of amides is 5. The van der Waals surface area contributed by atoms with Crippen LogP contribution in [0, 0.1) is 25.5 Å². The van der Waals surface area contributed by atoms with Crippen molar-refractivity contribution in [2.45, 2.75) is 65.5 Å². The Hall–Kier alpha value is -4.17. The summed E-state index contributed by atoms with van der Waals surface area (Å²) in [4.78, 5) is 46.5. The van der Waals surface area contributed by atoms with E-state index in [2.05, 4.69) is 31.3 Å². The minimum atomic E-state index is -0.738. The molecule has 5 amide bonds. The lowest BCUT2D eigenvalue weighted by molar-refractivity contribution is 0.0959. The lowest BCUT2D eigenvalue weighted by atomic mass is 10.1. The van der Waals surface area contributed by atoms with Crippen molar-refractivity contribution < 1.29 is 38.9 Å². The molecule has 2 aliphatic rings. The van der Waals surface area contributed by atoms with Crippen molar-refractivity contribution in [2.24, 2.45) is 0 Å². The molecule has 0 saturated carbocycles. The van der Waals surface area contributed by atoms with Crippen LogP contribution >= 0.6 is 11.6 Å². The van der Waals surface area contributed by atoms with E-state index in [4.69, 9.17) is 16.3 Å². The average molecular weight is 686 g/mol. The number of piperidine rings is 2. The van der Waals surface area contributed by atoms with Gasteiger partial charge in [-0.2, -0.15) is 0 Å². The molecule has 2 heterocycles. The Bertz CT molecular complexity index is 1330. The van der Waals surface area contributed by atoms with Gasteiger partial charge in [0.2, 0.25) is 0 Å². The highest BCUT2D eigenvalue weighted by Gasteiger charge is 2.24. The summed E-state index contributed by atoms with van der Waals surface area (Å²) in [6.07, 6.45) is 2.86. The number of hydrogen-bond donors (Lipinski definition) is 5. The summed E-state index contributed by atoms with van der Waals surface area (Å²) >= 11 is 4.72. The molecule has 0 bridgehead atoms. The molecule has 15 heteroatoms. The molecule has 2 fully saturated rings. The van der Waals surface area contributed by atoms with Crippen molar-refractivity contribution in [1.82, 2.24) is 20.9 Å². The van der Waals surface area contributed by atoms with Crippen LogP contribution in [0.1, 0.15) is 52.1 Å². The number of halogens is 3. The molecule has 0 spiro atoms. The number of anilines is 2. The van der Waals surface area contributed by atoms with Crippen molar-refractivity contribution in [2.75, 3.05) is 50.0 Å². The van der Waals surface area contributed by atoms with E-state index in [0.717, 1.165) is 25.9 Å². The summed E-state index contributed by atoms with van der Waals surface area (Å²) in [6.45, 7) is 10.4. The molecule has 4 rings (SSSR count). The SMILES string of the molecule is CCOC(=O)Cl.CCOC(=O)N1CCC(NC(=O)Nc2ccc(C)c(F)c2)CC1.Cc1ccc(NC(=O)NC2CCNCC2)cc1F.[2HH]. The van der Waals surface area contributed by atoms with Gasteiger partial charge in [0.15, 0.2) is 0 Å². The Balaban J connectivity index is 0.000000411. The molecule has 0 unspecified atom stereocenters. The van der Waals surface area contributed by atoms with Crippen molar-refractivity contribution in [3.63, 3.8) is 0 Å². The number of rotatable bonds is 6. The molecule has 0 atom stereocenters. The normalized spacial score (nSPS) is 14.7. The zero-order valence-electron chi connectivity index (χ0n) is 27.2. The first-order chi connectivity index (χ1) is 22.4. The van der Waals surface area contributed by atoms with E-state index in [9.17, 15) is 28.0 Å². The maximum atomic E-state index is 13.4. The predicted octanol–water partition coefficient (Wildman–Crippen LogP) is 6.51. The molecule has 2 aromatic rings. The quantitative estimate of drug-likeness (QED) is 0.218. The van der Waals surface area contributed by atoms with Crippen LogP contribution in [0.5, 0.6) is 0 Å². The number of carbonyl (C=O) groups is 4. The van der Waals surface area contributed by atoms with Crippen LogP contribution in [0.3, 0.4) is 0 Å². The van der Waals surface area contributed by atoms with E-state index in [0.29, 0.717) is 61.6 Å². The van der Waals surface area contributed by atoms with E-state index in [1.54, 1.807) is 56.9 Å². The van der Waals surface area contributed by atoms with Crippen molar-refractivity contribution in [1.29, 1.82) is 0 Å². The van der Waals surface area contributed by atoms with Gasteiger partial charge in [0.05, 0.1) is 13.2 Å². The molecule has 2 aromatic carbocycles. The highest BCUT2D eigenvalue weighted by Crippen LogP contribution is 2.16. The van der Waals surface area contributed by atoms with Gasteiger partial charge in [0.25, 0.3) is 0 Å². The summed E-state index contributed by atoms with van der Waals surface area (Å²) in [5.41, 5.74) is 1.25. The highest BCUT2D eigenvalue weighted by molar-refractivity contribution is 6.61. The van der Waals surface area contributed by atoms with Gasteiger partial charge in [-0.05, 0) is 102 Å². The summed E-state index contributed by atoms with van der Waals surface area (Å²) in [6, 6.07) is 8.76. The third kappa shape index (κ3) is 15.3. The predicted molar refractivity (Wildman–Crippen MR) is 179 cm³/mol. The Kier molecular flexibility index (Phi) is 17.3. The van der Waals surface area contributed by atoms with E-state index in [1.165, 1.54) is 12.1 Å². The number of nitrogens with zero attached hydrogens (tertiary/aromatic N) is 1. The molecule has 0 aliphatic carbocycles. The molecule has 47 heavy (non-hydrogen) atoms. The fraction of sp³-hybridized carbons (Fsp3) is 0.500. The first kappa shape index (κ1) is 39.0. The Morgan fingerprint density at radius 3 is 1.64 bits per heavy atom. The zero-order chi connectivity index (χ0) is 34.8. The lowest BCUT2D eigenvalue weighted by Crippen LogP contribution is -2.47. The standard InChI is InChI=1S/C16H22FN3O3.C13H18FN3O.C3H5ClO2.H2/c1-3-23-16(22)20-8-6-12(7-9-20)18-15(21)19-13-5-4-11(2)14(17)10-13;1-9-2-3-11(8-12(9)14)17-13(18)16-10-4-6-15-7-5-10;1-2-6-3(4)5;/h4-5,10,12H,3,6-9H2,1-2H3,(H2,18,19,21);2-3,8,10,15H,4-7H2,1H3,(H2,16,17,18);2H2,1H3;1H/i;;;1+1. The van der Waals surface area contributed by atoms with Crippen LogP contribution in [-0.2, 0) is 9.47 Å². The van der Waals surface area contributed by atoms with Crippen molar-refractivity contribution >= 4 is 46.6 Å². The first-order valence-electron chi connectivity index (χ1n) is 15.5. The number of carbonyl (C=O) groups excluding carboxylic acids is 4. The van der Waals surface area contributed by atoms with Crippen LogP contribution in [-0.4, -0.2) is 80.0 Å². The molecule has 0 aromatic heterocycles. The molecule has 5 N–H and O–H groups in total. The Morgan fingerprint density at radius 2 is 1.26 bits per heavy atom. The minimum absolute atomic E-state index is 0. The van der Waals surface area contributed by atoms with Gasteiger partial charge in [-0.15, -0.1) is 0 Å². The van der Waals surface area contributed by atoms with Crippen molar-refractivity contribution in [3.8, 4) is 0 Å². The second-order valence-electron chi connectivity index (χ2n) is 10.8. The maximum Gasteiger partial charge on any atom is 0.409 e. The van der Waals surface area contributed by atoms with Gasteiger partial charge in [0, 0.05) is 49.6 Å². The number of benzene rings is 2. The van der Waals surface area contributed by atoms with Crippen molar-refractivity contribution in [3.05, 3.63) is 59.2 Å². The zero-order valence-corrected chi connectivity index (χ0v) is 28.0. The summed E-state index contributed by atoms with van der Waals surface area (Å²) in [5.74, 6) is -0.666. The van der Waals surface area contributed by atoms with Crippen LogP contribution in [0.4, 0.5) is 39.3 Å². The smallest absolute Gasteiger partial charge is 0.409 e. The Morgan fingerprint density at radius 1 is 0.809 bits per heavy atom. The van der Waals surface area contributed by atoms with Gasteiger partial charge >= 0.3 is 23.6 Å². The molecule has 262 valence electrons. The van der Waals surface area contributed by atoms with Gasteiger partial charge in [-0.25, -0.2) is 28.0 Å². The molecule has 0 radical (unpaired) electrons. The number of hydrogen-bond acceptors (Lipinski definition) is 7. The van der Waals surface area contributed by atoms with Gasteiger partial charge in [-0.3, -0.25) is 0 Å². The van der Waals surface area contributed by atoms with E-state index >= 15 is 0 Å². The lowest BCUT2D eigenvalue weighted by Gasteiger charge is -2.31. The topological polar surface area (TPSA) is 150 Å². The summed E-state index contributed by atoms with van der Waals surface area (Å²) < 4.78 is 35.9.